The van der Waals surface area contributed by atoms with E-state index in [1.54, 1.807) is 6.33 Å². The molecule has 3 rings (SSSR count). The lowest BCUT2D eigenvalue weighted by molar-refractivity contribution is 0.314. The molecule has 1 saturated carbocycles. The lowest BCUT2D eigenvalue weighted by Crippen LogP contribution is -2.30. The first-order chi connectivity index (χ1) is 9.28. The number of rotatable bonds is 3. The van der Waals surface area contributed by atoms with Crippen LogP contribution in [0.2, 0.25) is 0 Å². The van der Waals surface area contributed by atoms with Gasteiger partial charge in [0.1, 0.15) is 5.69 Å². The van der Waals surface area contributed by atoms with E-state index in [-0.39, 0.29) is 0 Å². The zero-order valence-electron chi connectivity index (χ0n) is 11.3. The van der Waals surface area contributed by atoms with E-state index in [0.717, 1.165) is 30.1 Å². The van der Waals surface area contributed by atoms with Crippen LogP contribution in [-0.4, -0.2) is 33.3 Å². The van der Waals surface area contributed by atoms with Gasteiger partial charge in [0.05, 0.1) is 6.33 Å². The molecule has 2 heterocycles. The minimum atomic E-state index is 0.367. The lowest BCUT2D eigenvalue weighted by atomic mass is 9.86. The summed E-state index contributed by atoms with van der Waals surface area (Å²) in [6.07, 6.45) is 6.27. The molecule has 6 heteroatoms. The minimum absolute atomic E-state index is 0.367. The van der Waals surface area contributed by atoms with Crippen LogP contribution in [0.15, 0.2) is 10.7 Å². The second-order valence-corrected chi connectivity index (χ2v) is 5.17. The SMILES string of the molecule is CN[C@@H]1CCC[C@H](c2nnc(-c3nc[nH]c3C)o2)C1. The Kier molecular flexibility index (Phi) is 3.33. The molecule has 0 amide bonds. The Morgan fingerprint density at radius 1 is 1.37 bits per heavy atom. The lowest BCUT2D eigenvalue weighted by Gasteiger charge is -2.26. The highest BCUT2D eigenvalue weighted by molar-refractivity contribution is 5.49. The molecular formula is C13H19N5O. The summed E-state index contributed by atoms with van der Waals surface area (Å²) >= 11 is 0. The summed E-state index contributed by atoms with van der Waals surface area (Å²) in [7, 11) is 2.01. The second-order valence-electron chi connectivity index (χ2n) is 5.17. The fourth-order valence-corrected chi connectivity index (χ4v) is 2.75. The summed E-state index contributed by atoms with van der Waals surface area (Å²) in [5, 5.41) is 11.7. The van der Waals surface area contributed by atoms with E-state index in [0.29, 0.717) is 17.9 Å². The molecule has 0 radical (unpaired) electrons. The molecule has 0 unspecified atom stereocenters. The zero-order chi connectivity index (χ0) is 13.2. The van der Waals surface area contributed by atoms with E-state index >= 15 is 0 Å². The number of nitrogens with zero attached hydrogens (tertiary/aromatic N) is 3. The van der Waals surface area contributed by atoms with E-state index in [9.17, 15) is 0 Å². The van der Waals surface area contributed by atoms with Gasteiger partial charge >= 0.3 is 0 Å². The fourth-order valence-electron chi connectivity index (χ4n) is 2.75. The summed E-state index contributed by atoms with van der Waals surface area (Å²) in [4.78, 5) is 7.23. The van der Waals surface area contributed by atoms with Gasteiger partial charge in [-0.1, -0.05) is 6.42 Å². The molecule has 102 valence electrons. The molecule has 0 aliphatic heterocycles. The van der Waals surface area contributed by atoms with Crippen LogP contribution < -0.4 is 5.32 Å². The summed E-state index contributed by atoms with van der Waals surface area (Å²) in [5.74, 6) is 1.63. The van der Waals surface area contributed by atoms with Crippen molar-refractivity contribution < 1.29 is 4.42 Å². The molecule has 0 aromatic carbocycles. The molecule has 2 aromatic rings. The molecule has 0 spiro atoms. The molecule has 6 nitrogen and oxygen atoms in total. The Hall–Kier alpha value is -1.69. The maximum Gasteiger partial charge on any atom is 0.268 e. The van der Waals surface area contributed by atoms with E-state index in [1.807, 2.05) is 14.0 Å². The van der Waals surface area contributed by atoms with Gasteiger partial charge in [0, 0.05) is 17.7 Å². The number of nitrogens with one attached hydrogen (secondary N) is 2. The van der Waals surface area contributed by atoms with Gasteiger partial charge in [-0.15, -0.1) is 10.2 Å². The Bertz CT molecular complexity index is 547. The Labute approximate surface area is 112 Å². The summed E-state index contributed by atoms with van der Waals surface area (Å²) < 4.78 is 5.81. The summed E-state index contributed by atoms with van der Waals surface area (Å²) in [6, 6.07) is 0.557. The van der Waals surface area contributed by atoms with Crippen molar-refractivity contribution in [1.29, 1.82) is 0 Å². The second kappa shape index (κ2) is 5.13. The topological polar surface area (TPSA) is 79.6 Å². The Morgan fingerprint density at radius 3 is 3.00 bits per heavy atom. The number of hydrogen-bond donors (Lipinski definition) is 2. The molecule has 19 heavy (non-hydrogen) atoms. The Morgan fingerprint density at radius 2 is 2.26 bits per heavy atom. The molecule has 2 atom stereocenters. The molecule has 1 fully saturated rings. The zero-order valence-corrected chi connectivity index (χ0v) is 11.3. The van der Waals surface area contributed by atoms with Crippen molar-refractivity contribution in [3.8, 4) is 11.6 Å². The van der Waals surface area contributed by atoms with Gasteiger partial charge in [-0.2, -0.15) is 0 Å². The fraction of sp³-hybridized carbons (Fsp3) is 0.615. The van der Waals surface area contributed by atoms with Gasteiger partial charge in [0.25, 0.3) is 5.89 Å². The number of hydrogen-bond acceptors (Lipinski definition) is 5. The molecule has 1 aliphatic rings. The number of H-pyrrole nitrogens is 1. The average Bonchev–Trinajstić information content (AvgIpc) is 3.07. The summed E-state index contributed by atoms with van der Waals surface area (Å²) in [6.45, 7) is 1.95. The third kappa shape index (κ3) is 2.40. The van der Waals surface area contributed by atoms with Crippen molar-refractivity contribution in [2.75, 3.05) is 7.05 Å². The highest BCUT2D eigenvalue weighted by atomic mass is 16.4. The standard InChI is InChI=1S/C13H19N5O/c1-8-11(16-7-15-8)13-18-17-12(19-13)9-4-3-5-10(6-9)14-2/h7,9-10,14H,3-6H2,1-2H3,(H,15,16)/t9-,10+/m0/s1. The van der Waals surface area contributed by atoms with Crippen molar-refractivity contribution in [3.63, 3.8) is 0 Å². The predicted molar refractivity (Wildman–Crippen MR) is 70.7 cm³/mol. The van der Waals surface area contributed by atoms with E-state index < -0.39 is 0 Å². The first-order valence-electron chi connectivity index (χ1n) is 6.79. The number of imidazole rings is 1. The van der Waals surface area contributed by atoms with Gasteiger partial charge < -0.3 is 14.7 Å². The minimum Gasteiger partial charge on any atom is -0.419 e. The smallest absolute Gasteiger partial charge is 0.268 e. The largest absolute Gasteiger partial charge is 0.419 e. The van der Waals surface area contributed by atoms with E-state index in [1.165, 1.54) is 12.8 Å². The highest BCUT2D eigenvalue weighted by Gasteiger charge is 2.27. The summed E-state index contributed by atoms with van der Waals surface area (Å²) in [5.41, 5.74) is 1.70. The predicted octanol–water partition coefficient (Wildman–Crippen LogP) is 2.01. The first kappa shape index (κ1) is 12.3. The number of aromatic nitrogens is 4. The molecule has 0 saturated heterocycles. The van der Waals surface area contributed by atoms with Crippen molar-refractivity contribution in [2.24, 2.45) is 0 Å². The van der Waals surface area contributed by atoms with Crippen LogP contribution in [0.4, 0.5) is 0 Å². The monoisotopic (exact) mass is 261 g/mol. The third-order valence-corrected chi connectivity index (χ3v) is 3.90. The molecule has 2 aromatic heterocycles. The Balaban J connectivity index is 1.79. The normalized spacial score (nSPS) is 23.7. The first-order valence-corrected chi connectivity index (χ1v) is 6.79. The van der Waals surface area contributed by atoms with Gasteiger partial charge in [0.2, 0.25) is 5.89 Å². The van der Waals surface area contributed by atoms with Crippen molar-refractivity contribution in [1.82, 2.24) is 25.5 Å². The van der Waals surface area contributed by atoms with Gasteiger partial charge in [-0.3, -0.25) is 0 Å². The third-order valence-electron chi connectivity index (χ3n) is 3.90. The molecule has 2 N–H and O–H groups in total. The molecular weight excluding hydrogens is 242 g/mol. The van der Waals surface area contributed by atoms with Gasteiger partial charge in [-0.05, 0) is 33.2 Å². The molecule has 0 bridgehead atoms. The molecule has 1 aliphatic carbocycles. The van der Waals surface area contributed by atoms with Crippen LogP contribution in [0.1, 0.15) is 43.2 Å². The van der Waals surface area contributed by atoms with Crippen LogP contribution in [0, 0.1) is 6.92 Å². The highest BCUT2D eigenvalue weighted by Crippen LogP contribution is 2.33. The average molecular weight is 261 g/mol. The van der Waals surface area contributed by atoms with Crippen LogP contribution in [0.3, 0.4) is 0 Å². The van der Waals surface area contributed by atoms with Crippen molar-refractivity contribution in [2.45, 2.75) is 44.6 Å². The quantitative estimate of drug-likeness (QED) is 0.883. The van der Waals surface area contributed by atoms with E-state index in [2.05, 4.69) is 25.5 Å². The van der Waals surface area contributed by atoms with Gasteiger partial charge in [-0.25, -0.2) is 4.98 Å². The number of aryl methyl sites for hydroxylation is 1. The van der Waals surface area contributed by atoms with Gasteiger partial charge in [0.15, 0.2) is 0 Å². The van der Waals surface area contributed by atoms with Crippen LogP contribution in [0.5, 0.6) is 0 Å². The van der Waals surface area contributed by atoms with Crippen LogP contribution >= 0.6 is 0 Å². The van der Waals surface area contributed by atoms with E-state index in [4.69, 9.17) is 4.42 Å². The van der Waals surface area contributed by atoms with Crippen molar-refractivity contribution in [3.05, 3.63) is 17.9 Å². The van der Waals surface area contributed by atoms with Crippen LogP contribution in [-0.2, 0) is 0 Å². The number of aromatic amines is 1. The maximum absolute atomic E-state index is 5.81. The van der Waals surface area contributed by atoms with Crippen molar-refractivity contribution >= 4 is 0 Å². The van der Waals surface area contributed by atoms with Crippen LogP contribution in [0.25, 0.3) is 11.6 Å². The maximum atomic E-state index is 5.81.